The predicted molar refractivity (Wildman–Crippen MR) is 61.4 cm³/mol. The summed E-state index contributed by atoms with van der Waals surface area (Å²) in [4.78, 5) is 6.50. The molecule has 0 aromatic carbocycles. The molecule has 1 aromatic rings. The lowest BCUT2D eigenvalue weighted by atomic mass is 9.90. The third-order valence-electron chi connectivity index (χ3n) is 2.73. The van der Waals surface area contributed by atoms with Crippen LogP contribution < -0.4 is 4.90 Å². The minimum atomic E-state index is -0.479. The fourth-order valence-electron chi connectivity index (χ4n) is 1.94. The molecule has 0 unspecified atom stereocenters. The van der Waals surface area contributed by atoms with Crippen LogP contribution >= 0.6 is 11.5 Å². The van der Waals surface area contributed by atoms with Gasteiger partial charge in [0.2, 0.25) is 5.13 Å². The van der Waals surface area contributed by atoms with E-state index in [2.05, 4.69) is 28.1 Å². The van der Waals surface area contributed by atoms with Crippen LogP contribution in [0.3, 0.4) is 0 Å². The van der Waals surface area contributed by atoms with Crippen LogP contribution in [0.5, 0.6) is 0 Å². The van der Waals surface area contributed by atoms with Crippen molar-refractivity contribution in [3.63, 3.8) is 0 Å². The van der Waals surface area contributed by atoms with Crippen molar-refractivity contribution < 1.29 is 5.11 Å². The first kappa shape index (κ1) is 10.8. The van der Waals surface area contributed by atoms with Gasteiger partial charge in [-0.25, -0.2) is 4.98 Å². The van der Waals surface area contributed by atoms with E-state index in [0.29, 0.717) is 13.1 Å². The standard InChI is InChI=1S/C10H17N3OS/c1-3-5-10(14)6-13(7-10)9-11-8(4-2)12-15-9/h14H,3-7H2,1-2H3. The zero-order valence-corrected chi connectivity index (χ0v) is 10.0. The van der Waals surface area contributed by atoms with E-state index in [1.54, 1.807) is 0 Å². The second-order valence-corrected chi connectivity index (χ2v) is 4.91. The van der Waals surface area contributed by atoms with Crippen LogP contribution in [-0.2, 0) is 6.42 Å². The maximum atomic E-state index is 10.0. The van der Waals surface area contributed by atoms with Crippen LogP contribution in [0.4, 0.5) is 5.13 Å². The first-order valence-corrected chi connectivity index (χ1v) is 6.24. The summed E-state index contributed by atoms with van der Waals surface area (Å²) in [6, 6.07) is 0. The number of nitrogens with zero attached hydrogens (tertiary/aromatic N) is 3. The van der Waals surface area contributed by atoms with E-state index in [9.17, 15) is 5.11 Å². The van der Waals surface area contributed by atoms with Gasteiger partial charge in [-0.1, -0.05) is 20.3 Å². The maximum Gasteiger partial charge on any atom is 0.205 e. The van der Waals surface area contributed by atoms with E-state index >= 15 is 0 Å². The van der Waals surface area contributed by atoms with Crippen molar-refractivity contribution in [2.24, 2.45) is 0 Å². The molecule has 0 radical (unpaired) electrons. The summed E-state index contributed by atoms with van der Waals surface area (Å²) >= 11 is 1.43. The molecule has 1 aromatic heterocycles. The molecule has 0 saturated carbocycles. The van der Waals surface area contributed by atoms with E-state index < -0.39 is 5.60 Å². The average molecular weight is 227 g/mol. The van der Waals surface area contributed by atoms with Gasteiger partial charge in [-0.2, -0.15) is 4.37 Å². The van der Waals surface area contributed by atoms with Crippen LogP contribution in [0, 0.1) is 0 Å². The van der Waals surface area contributed by atoms with E-state index in [1.807, 2.05) is 0 Å². The molecule has 1 fully saturated rings. The highest BCUT2D eigenvalue weighted by atomic mass is 32.1. The van der Waals surface area contributed by atoms with Crippen LogP contribution in [0.15, 0.2) is 0 Å². The van der Waals surface area contributed by atoms with Gasteiger partial charge in [0.15, 0.2) is 0 Å². The first-order valence-electron chi connectivity index (χ1n) is 5.47. The molecule has 1 N–H and O–H groups in total. The van der Waals surface area contributed by atoms with Gasteiger partial charge in [-0.3, -0.25) is 0 Å². The third-order valence-corrected chi connectivity index (χ3v) is 3.54. The molecule has 2 rings (SSSR count). The van der Waals surface area contributed by atoms with Crippen LogP contribution in [0.1, 0.15) is 32.5 Å². The Hall–Kier alpha value is -0.680. The molecule has 0 bridgehead atoms. The highest BCUT2D eigenvalue weighted by Gasteiger charge is 2.41. The number of aryl methyl sites for hydroxylation is 1. The molecule has 1 aliphatic heterocycles. The van der Waals surface area contributed by atoms with Crippen molar-refractivity contribution in [2.45, 2.75) is 38.7 Å². The predicted octanol–water partition coefficient (Wildman–Crippen LogP) is 1.45. The summed E-state index contributed by atoms with van der Waals surface area (Å²) in [6.45, 7) is 5.56. The summed E-state index contributed by atoms with van der Waals surface area (Å²) in [5.41, 5.74) is -0.479. The van der Waals surface area contributed by atoms with E-state index in [-0.39, 0.29) is 0 Å². The lowest BCUT2D eigenvalue weighted by Gasteiger charge is -2.46. The number of rotatable bonds is 4. The zero-order chi connectivity index (χ0) is 10.9. The number of aliphatic hydroxyl groups is 1. The van der Waals surface area contributed by atoms with Gasteiger partial charge in [0, 0.05) is 18.0 Å². The third kappa shape index (κ3) is 2.13. The van der Waals surface area contributed by atoms with Gasteiger partial charge >= 0.3 is 0 Å². The van der Waals surface area contributed by atoms with Gasteiger partial charge in [0.05, 0.1) is 18.7 Å². The molecule has 0 aliphatic carbocycles. The zero-order valence-electron chi connectivity index (χ0n) is 9.23. The van der Waals surface area contributed by atoms with Crippen LogP contribution in [0.2, 0.25) is 0 Å². The highest BCUT2D eigenvalue weighted by Crippen LogP contribution is 2.31. The Bertz CT molecular complexity index is 333. The number of anilines is 1. The number of β-amino-alcohol motifs (C(OH)–C–C–N with tert-alkyl or cyclic N) is 1. The normalized spacial score (nSPS) is 19.0. The molecule has 5 heteroatoms. The number of hydrogen-bond acceptors (Lipinski definition) is 5. The topological polar surface area (TPSA) is 49.2 Å². The van der Waals surface area contributed by atoms with Crippen molar-refractivity contribution in [2.75, 3.05) is 18.0 Å². The lowest BCUT2D eigenvalue weighted by molar-refractivity contribution is 0.00337. The highest BCUT2D eigenvalue weighted by molar-refractivity contribution is 7.09. The van der Waals surface area contributed by atoms with Crippen molar-refractivity contribution in [1.29, 1.82) is 0 Å². The van der Waals surface area contributed by atoms with E-state index in [0.717, 1.165) is 30.2 Å². The Morgan fingerprint density at radius 2 is 2.20 bits per heavy atom. The van der Waals surface area contributed by atoms with Gasteiger partial charge in [0.25, 0.3) is 0 Å². The first-order chi connectivity index (χ1) is 7.17. The summed E-state index contributed by atoms with van der Waals surface area (Å²) < 4.78 is 4.24. The molecular formula is C10H17N3OS. The summed E-state index contributed by atoms with van der Waals surface area (Å²) in [6.07, 6.45) is 2.78. The minimum absolute atomic E-state index is 0.479. The number of hydrogen-bond donors (Lipinski definition) is 1. The van der Waals surface area contributed by atoms with Gasteiger partial charge in [0.1, 0.15) is 5.82 Å². The SMILES string of the molecule is CCCC1(O)CN(c2nc(CC)ns2)C1. The second kappa shape index (κ2) is 4.06. The molecule has 0 amide bonds. The summed E-state index contributed by atoms with van der Waals surface area (Å²) in [5.74, 6) is 0.904. The van der Waals surface area contributed by atoms with Gasteiger partial charge < -0.3 is 10.0 Å². The minimum Gasteiger partial charge on any atom is -0.386 e. The molecule has 2 heterocycles. The van der Waals surface area contributed by atoms with Crippen LogP contribution in [-0.4, -0.2) is 33.2 Å². The summed E-state index contributed by atoms with van der Waals surface area (Å²) in [5, 5.41) is 11.0. The lowest BCUT2D eigenvalue weighted by Crippen LogP contribution is -2.61. The molecule has 84 valence electrons. The average Bonchev–Trinajstić information content (AvgIpc) is 2.62. The van der Waals surface area contributed by atoms with Crippen LogP contribution in [0.25, 0.3) is 0 Å². The fraction of sp³-hybridized carbons (Fsp3) is 0.800. The smallest absolute Gasteiger partial charge is 0.205 e. The van der Waals surface area contributed by atoms with Gasteiger partial charge in [-0.05, 0) is 6.42 Å². The number of aromatic nitrogens is 2. The monoisotopic (exact) mass is 227 g/mol. The van der Waals surface area contributed by atoms with Gasteiger partial charge in [-0.15, -0.1) is 0 Å². The Labute approximate surface area is 94.1 Å². The Morgan fingerprint density at radius 3 is 2.73 bits per heavy atom. The molecule has 0 spiro atoms. The Kier molecular flexibility index (Phi) is 2.93. The largest absolute Gasteiger partial charge is 0.386 e. The fourth-order valence-corrected chi connectivity index (χ4v) is 2.69. The Morgan fingerprint density at radius 1 is 1.47 bits per heavy atom. The summed E-state index contributed by atoms with van der Waals surface area (Å²) in [7, 11) is 0. The molecule has 4 nitrogen and oxygen atoms in total. The van der Waals surface area contributed by atoms with Crippen molar-refractivity contribution in [3.8, 4) is 0 Å². The molecule has 0 atom stereocenters. The molecule has 15 heavy (non-hydrogen) atoms. The molecule has 1 saturated heterocycles. The molecular weight excluding hydrogens is 210 g/mol. The van der Waals surface area contributed by atoms with E-state index in [1.165, 1.54) is 11.5 Å². The Balaban J connectivity index is 1.93. The van der Waals surface area contributed by atoms with Crippen molar-refractivity contribution in [3.05, 3.63) is 5.82 Å². The van der Waals surface area contributed by atoms with E-state index in [4.69, 9.17) is 0 Å². The second-order valence-electron chi connectivity index (χ2n) is 4.18. The maximum absolute atomic E-state index is 10.0. The quantitative estimate of drug-likeness (QED) is 0.846. The van der Waals surface area contributed by atoms with Crippen molar-refractivity contribution >= 4 is 16.7 Å². The molecule has 1 aliphatic rings. The van der Waals surface area contributed by atoms with Crippen molar-refractivity contribution in [1.82, 2.24) is 9.36 Å².